The molecule has 0 radical (unpaired) electrons. The quantitative estimate of drug-likeness (QED) is 0.258. The van der Waals surface area contributed by atoms with Crippen molar-refractivity contribution in [2.75, 3.05) is 7.11 Å². The summed E-state index contributed by atoms with van der Waals surface area (Å²) >= 11 is 0. The number of alkyl halides is 3. The second-order valence-electron chi connectivity index (χ2n) is 6.23. The van der Waals surface area contributed by atoms with Gasteiger partial charge in [0.1, 0.15) is 6.54 Å². The Hall–Kier alpha value is -4.22. The predicted octanol–water partition coefficient (Wildman–Crippen LogP) is 2.68. The van der Waals surface area contributed by atoms with Gasteiger partial charge in [0, 0.05) is 18.6 Å². The summed E-state index contributed by atoms with van der Waals surface area (Å²) in [5.74, 6) is -0.875. The molecule has 9 nitrogen and oxygen atoms in total. The fourth-order valence-corrected chi connectivity index (χ4v) is 2.45. The Morgan fingerprint density at radius 1 is 1.22 bits per heavy atom. The maximum absolute atomic E-state index is 12.5. The minimum atomic E-state index is -4.59. The van der Waals surface area contributed by atoms with Crippen molar-refractivity contribution < 1.29 is 32.2 Å². The number of esters is 1. The molecule has 0 saturated heterocycles. The molecule has 0 bridgehead atoms. The predicted molar refractivity (Wildman–Crippen MR) is 105 cm³/mol. The Kier molecular flexibility index (Phi) is 6.83. The van der Waals surface area contributed by atoms with Crippen molar-refractivity contribution in [2.24, 2.45) is 5.10 Å². The minimum Gasteiger partial charge on any atom is -0.493 e. The van der Waals surface area contributed by atoms with E-state index in [0.29, 0.717) is 5.56 Å². The highest BCUT2D eigenvalue weighted by Crippen LogP contribution is 2.28. The van der Waals surface area contributed by atoms with E-state index in [4.69, 9.17) is 9.47 Å². The van der Waals surface area contributed by atoms with Gasteiger partial charge in [-0.3, -0.25) is 14.5 Å². The molecule has 0 saturated carbocycles. The number of amides is 1. The van der Waals surface area contributed by atoms with Crippen LogP contribution in [0, 0.1) is 0 Å². The lowest BCUT2D eigenvalue weighted by Crippen LogP contribution is -2.23. The van der Waals surface area contributed by atoms with Crippen LogP contribution in [0.2, 0.25) is 0 Å². The normalized spacial score (nSPS) is 11.4. The molecule has 2 aromatic heterocycles. The van der Waals surface area contributed by atoms with Gasteiger partial charge < -0.3 is 9.47 Å². The summed E-state index contributed by atoms with van der Waals surface area (Å²) in [4.78, 5) is 27.9. The zero-order valence-electron chi connectivity index (χ0n) is 16.5. The van der Waals surface area contributed by atoms with Crippen LogP contribution in [-0.2, 0) is 17.5 Å². The van der Waals surface area contributed by atoms with E-state index in [-0.39, 0.29) is 17.1 Å². The number of methoxy groups -OCH3 is 1. The van der Waals surface area contributed by atoms with Gasteiger partial charge in [0.25, 0.3) is 5.91 Å². The Morgan fingerprint density at radius 2 is 2.03 bits per heavy atom. The zero-order valence-corrected chi connectivity index (χ0v) is 16.5. The number of nitrogens with one attached hydrogen (secondary N) is 1. The first-order valence-electron chi connectivity index (χ1n) is 8.99. The van der Waals surface area contributed by atoms with Crippen LogP contribution in [0.3, 0.4) is 0 Å². The average Bonchev–Trinajstić information content (AvgIpc) is 3.24. The van der Waals surface area contributed by atoms with E-state index in [2.05, 4.69) is 20.6 Å². The Bertz CT molecular complexity index is 1130. The molecule has 1 aromatic carbocycles. The van der Waals surface area contributed by atoms with Gasteiger partial charge in [0.15, 0.2) is 17.2 Å². The van der Waals surface area contributed by atoms with E-state index in [9.17, 15) is 22.8 Å². The largest absolute Gasteiger partial charge is 0.493 e. The number of benzene rings is 1. The molecule has 0 aliphatic carbocycles. The van der Waals surface area contributed by atoms with Crippen molar-refractivity contribution in [1.82, 2.24) is 20.2 Å². The van der Waals surface area contributed by atoms with Crippen LogP contribution in [0.4, 0.5) is 13.2 Å². The van der Waals surface area contributed by atoms with Crippen molar-refractivity contribution in [3.63, 3.8) is 0 Å². The SMILES string of the molecule is COc1cc(/C=N\NC(=O)Cn2ccc(C(F)(F)F)n2)ccc1OC(=O)c1cccnc1. The maximum Gasteiger partial charge on any atom is 0.435 e. The maximum atomic E-state index is 12.5. The van der Waals surface area contributed by atoms with Crippen LogP contribution < -0.4 is 14.9 Å². The Balaban J connectivity index is 1.59. The molecule has 2 heterocycles. The van der Waals surface area contributed by atoms with E-state index in [1.54, 1.807) is 18.2 Å². The Labute approximate surface area is 179 Å². The molecule has 0 aliphatic heterocycles. The summed E-state index contributed by atoms with van der Waals surface area (Å²) < 4.78 is 49.0. The number of ether oxygens (including phenoxy) is 2. The van der Waals surface area contributed by atoms with E-state index >= 15 is 0 Å². The number of carbonyl (C=O) groups is 2. The van der Waals surface area contributed by atoms with Crippen molar-refractivity contribution in [1.29, 1.82) is 0 Å². The smallest absolute Gasteiger partial charge is 0.435 e. The number of hydrazone groups is 1. The van der Waals surface area contributed by atoms with Crippen molar-refractivity contribution in [3.8, 4) is 11.5 Å². The van der Waals surface area contributed by atoms with Crippen LogP contribution in [-0.4, -0.2) is 40.0 Å². The molecule has 1 N–H and O–H groups in total. The van der Waals surface area contributed by atoms with Gasteiger partial charge in [-0.1, -0.05) is 0 Å². The summed E-state index contributed by atoms with van der Waals surface area (Å²) in [6.45, 7) is -0.444. The number of carbonyl (C=O) groups excluding carboxylic acids is 2. The molecule has 0 aliphatic rings. The van der Waals surface area contributed by atoms with Gasteiger partial charge in [-0.15, -0.1) is 0 Å². The van der Waals surface area contributed by atoms with Crippen LogP contribution in [0.15, 0.2) is 60.1 Å². The number of nitrogens with zero attached hydrogens (tertiary/aromatic N) is 4. The van der Waals surface area contributed by atoms with Crippen LogP contribution in [0.5, 0.6) is 11.5 Å². The third kappa shape index (κ3) is 5.90. The fourth-order valence-electron chi connectivity index (χ4n) is 2.45. The molecule has 0 spiro atoms. The van der Waals surface area contributed by atoms with Crippen LogP contribution in [0.25, 0.3) is 0 Å². The van der Waals surface area contributed by atoms with E-state index in [0.717, 1.165) is 16.9 Å². The molecule has 0 unspecified atom stereocenters. The molecule has 1 amide bonds. The standard InChI is InChI=1S/C20H16F3N5O4/c1-31-16-9-13(4-5-15(16)32-19(30)14-3-2-7-24-11-14)10-25-26-18(29)12-28-8-6-17(27-28)20(21,22)23/h2-11H,12H2,1H3,(H,26,29)/b25-10-. The molecule has 12 heteroatoms. The summed E-state index contributed by atoms with van der Waals surface area (Å²) in [7, 11) is 1.39. The fraction of sp³-hybridized carbons (Fsp3) is 0.150. The molecular weight excluding hydrogens is 431 g/mol. The highest BCUT2D eigenvalue weighted by Gasteiger charge is 2.33. The average molecular weight is 447 g/mol. The number of aromatic nitrogens is 3. The first-order chi connectivity index (χ1) is 15.3. The number of hydrogen-bond acceptors (Lipinski definition) is 7. The highest BCUT2D eigenvalue weighted by molar-refractivity contribution is 5.91. The minimum absolute atomic E-state index is 0.168. The van der Waals surface area contributed by atoms with Crippen LogP contribution >= 0.6 is 0 Å². The van der Waals surface area contributed by atoms with Crippen molar-refractivity contribution >= 4 is 18.1 Å². The second kappa shape index (κ2) is 9.73. The van der Waals surface area contributed by atoms with Gasteiger partial charge in [-0.25, -0.2) is 10.2 Å². The molecule has 3 aromatic rings. The van der Waals surface area contributed by atoms with Gasteiger partial charge in [0.05, 0.1) is 18.9 Å². The van der Waals surface area contributed by atoms with E-state index in [1.807, 2.05) is 0 Å². The van der Waals surface area contributed by atoms with Gasteiger partial charge in [0.2, 0.25) is 0 Å². The van der Waals surface area contributed by atoms with Gasteiger partial charge in [-0.05, 0) is 42.0 Å². The number of pyridine rings is 1. The summed E-state index contributed by atoms with van der Waals surface area (Å²) in [6, 6.07) is 8.49. The topological polar surface area (TPSA) is 108 Å². The third-order valence-electron chi connectivity index (χ3n) is 3.93. The molecule has 3 rings (SSSR count). The van der Waals surface area contributed by atoms with Gasteiger partial charge in [-0.2, -0.15) is 23.4 Å². The number of halogens is 3. The van der Waals surface area contributed by atoms with Crippen molar-refractivity contribution in [3.05, 3.63) is 71.8 Å². The summed E-state index contributed by atoms with van der Waals surface area (Å²) in [5, 5.41) is 7.03. The summed E-state index contributed by atoms with van der Waals surface area (Å²) in [5.41, 5.74) is 1.86. The monoisotopic (exact) mass is 447 g/mol. The lowest BCUT2D eigenvalue weighted by atomic mass is 10.2. The molecule has 0 atom stereocenters. The van der Waals surface area contributed by atoms with Gasteiger partial charge >= 0.3 is 12.1 Å². The number of rotatable bonds is 7. The first-order valence-corrected chi connectivity index (χ1v) is 8.99. The highest BCUT2D eigenvalue weighted by atomic mass is 19.4. The van der Waals surface area contributed by atoms with E-state index < -0.39 is 30.3 Å². The van der Waals surface area contributed by atoms with Crippen molar-refractivity contribution in [2.45, 2.75) is 12.7 Å². The second-order valence-corrected chi connectivity index (χ2v) is 6.23. The van der Waals surface area contributed by atoms with Crippen LogP contribution in [0.1, 0.15) is 21.6 Å². The zero-order chi connectivity index (χ0) is 23.1. The Morgan fingerprint density at radius 3 is 2.69 bits per heavy atom. The molecular formula is C20H16F3N5O4. The number of hydrogen-bond donors (Lipinski definition) is 1. The molecule has 0 fully saturated rings. The molecule has 166 valence electrons. The summed E-state index contributed by atoms with van der Waals surface area (Å²) in [6.07, 6.45) is 0.641. The third-order valence-corrected chi connectivity index (χ3v) is 3.93. The lowest BCUT2D eigenvalue weighted by Gasteiger charge is -2.09. The lowest BCUT2D eigenvalue weighted by molar-refractivity contribution is -0.141. The van der Waals surface area contributed by atoms with E-state index in [1.165, 1.54) is 37.9 Å². The first kappa shape index (κ1) is 22.5. The molecule has 32 heavy (non-hydrogen) atoms.